The molecule has 1 fully saturated rings. The number of benzene rings is 2. The largest absolute Gasteiger partial charge is 0.338 e. The topological polar surface area (TPSA) is 67.2 Å². The van der Waals surface area contributed by atoms with Crippen molar-refractivity contribution in [2.45, 2.75) is 45.1 Å². The third-order valence-electron chi connectivity index (χ3n) is 7.02. The van der Waals surface area contributed by atoms with Gasteiger partial charge in [-0.05, 0) is 74.4 Å². The molecule has 2 unspecified atom stereocenters. The molecule has 3 aromatic rings. The van der Waals surface area contributed by atoms with Gasteiger partial charge in [0, 0.05) is 24.2 Å². The molecular weight excluding hydrogens is 431 g/mol. The summed E-state index contributed by atoms with van der Waals surface area (Å²) in [6, 6.07) is 14.1. The highest BCUT2D eigenvalue weighted by Crippen LogP contribution is 2.35. The van der Waals surface area contributed by atoms with E-state index in [0.29, 0.717) is 18.7 Å². The van der Waals surface area contributed by atoms with Crippen molar-refractivity contribution >= 4 is 17.6 Å². The normalized spacial score (nSPS) is 20.0. The molecule has 6 nitrogen and oxygen atoms in total. The minimum atomic E-state index is -0.375. The molecule has 0 saturated carbocycles. The third-order valence-corrected chi connectivity index (χ3v) is 7.02. The lowest BCUT2D eigenvalue weighted by atomic mass is 9.88. The summed E-state index contributed by atoms with van der Waals surface area (Å²) in [7, 11) is 0. The van der Waals surface area contributed by atoms with Crippen LogP contribution in [0.3, 0.4) is 0 Å². The fraction of sp³-hybridized carbons (Fsp3) is 0.370. The van der Waals surface area contributed by atoms with E-state index in [0.717, 1.165) is 43.5 Å². The van der Waals surface area contributed by atoms with Gasteiger partial charge in [0.2, 0.25) is 5.91 Å². The van der Waals surface area contributed by atoms with Gasteiger partial charge in [0.05, 0.1) is 18.2 Å². The summed E-state index contributed by atoms with van der Waals surface area (Å²) in [4.78, 5) is 27.9. The number of carbonyl (C=O) groups is 2. The van der Waals surface area contributed by atoms with Gasteiger partial charge in [0.25, 0.3) is 5.91 Å². The zero-order valence-corrected chi connectivity index (χ0v) is 19.3. The summed E-state index contributed by atoms with van der Waals surface area (Å²) in [6.45, 7) is 2.90. The molecule has 2 aromatic carbocycles. The van der Waals surface area contributed by atoms with E-state index in [1.165, 1.54) is 35.4 Å². The fourth-order valence-electron chi connectivity index (χ4n) is 5.19. The molecule has 34 heavy (non-hydrogen) atoms. The Labute approximate surface area is 198 Å². The quantitative estimate of drug-likeness (QED) is 0.611. The number of aromatic nitrogens is 2. The summed E-state index contributed by atoms with van der Waals surface area (Å²) in [5.41, 5.74) is 3.96. The summed E-state index contributed by atoms with van der Waals surface area (Å²) >= 11 is 0. The number of hydrogen-bond acceptors (Lipinski definition) is 3. The molecule has 2 amide bonds. The Morgan fingerprint density at radius 2 is 1.85 bits per heavy atom. The van der Waals surface area contributed by atoms with Crippen LogP contribution >= 0.6 is 0 Å². The number of likely N-dealkylation sites (tertiary alicyclic amines) is 1. The first kappa shape index (κ1) is 22.3. The maximum atomic E-state index is 13.3. The van der Waals surface area contributed by atoms with Crippen molar-refractivity contribution in [2.24, 2.45) is 5.92 Å². The van der Waals surface area contributed by atoms with E-state index in [-0.39, 0.29) is 29.6 Å². The first-order chi connectivity index (χ1) is 16.5. The van der Waals surface area contributed by atoms with Crippen molar-refractivity contribution in [3.8, 4) is 0 Å². The molecular formula is C27H29FN4O2. The standard InChI is InChI=1S/C27H29FN4O2/c1-18-16-29-32(24-10-4-7-19-6-2-3-9-23(19)24)25(18)30-26(33)21-8-5-15-31(17-21)27(34)20-11-13-22(28)14-12-20/h2-3,6,9,11-14,16,21,24H,4-5,7-8,10,15,17H2,1H3,(H,30,33). The van der Waals surface area contributed by atoms with E-state index in [1.807, 2.05) is 11.6 Å². The van der Waals surface area contributed by atoms with Crippen LogP contribution in [0.15, 0.2) is 54.7 Å². The summed E-state index contributed by atoms with van der Waals surface area (Å²) in [5, 5.41) is 7.77. The van der Waals surface area contributed by atoms with Gasteiger partial charge in [-0.25, -0.2) is 9.07 Å². The van der Waals surface area contributed by atoms with Crippen LogP contribution in [-0.4, -0.2) is 39.6 Å². The second-order valence-electron chi connectivity index (χ2n) is 9.31. The number of fused-ring (bicyclic) bond motifs is 1. The molecule has 0 bridgehead atoms. The van der Waals surface area contributed by atoms with Crippen molar-refractivity contribution in [2.75, 3.05) is 18.4 Å². The molecule has 0 spiro atoms. The van der Waals surface area contributed by atoms with E-state index < -0.39 is 0 Å². The summed E-state index contributed by atoms with van der Waals surface area (Å²) in [6.07, 6.45) is 6.39. The highest BCUT2D eigenvalue weighted by Gasteiger charge is 2.31. The number of nitrogens with one attached hydrogen (secondary N) is 1. The molecule has 176 valence electrons. The minimum absolute atomic E-state index is 0.0921. The molecule has 5 rings (SSSR count). The number of hydrogen-bond donors (Lipinski definition) is 1. The summed E-state index contributed by atoms with van der Waals surface area (Å²) in [5.74, 6) is -0.212. The maximum absolute atomic E-state index is 13.3. The van der Waals surface area contributed by atoms with Crippen LogP contribution < -0.4 is 5.32 Å². The predicted octanol–water partition coefficient (Wildman–Crippen LogP) is 4.75. The predicted molar refractivity (Wildman–Crippen MR) is 128 cm³/mol. The monoisotopic (exact) mass is 460 g/mol. The van der Waals surface area contributed by atoms with Gasteiger partial charge < -0.3 is 10.2 Å². The van der Waals surface area contributed by atoms with Gasteiger partial charge in [-0.3, -0.25) is 9.59 Å². The molecule has 1 aliphatic carbocycles. The molecule has 2 atom stereocenters. The fourth-order valence-corrected chi connectivity index (χ4v) is 5.19. The smallest absolute Gasteiger partial charge is 0.253 e. The Bertz CT molecular complexity index is 1200. The number of piperidine rings is 1. The lowest BCUT2D eigenvalue weighted by Gasteiger charge is -2.32. The van der Waals surface area contributed by atoms with E-state index in [4.69, 9.17) is 0 Å². The van der Waals surface area contributed by atoms with Gasteiger partial charge >= 0.3 is 0 Å². The molecule has 1 N–H and O–H groups in total. The first-order valence-electron chi connectivity index (χ1n) is 12.0. The van der Waals surface area contributed by atoms with Crippen LogP contribution in [0.2, 0.25) is 0 Å². The SMILES string of the molecule is Cc1cnn(C2CCCc3ccccc32)c1NC(=O)C1CCCN(C(=O)c2ccc(F)cc2)C1. The van der Waals surface area contributed by atoms with Crippen LogP contribution in [0.5, 0.6) is 0 Å². The van der Waals surface area contributed by atoms with Crippen molar-refractivity contribution < 1.29 is 14.0 Å². The zero-order chi connectivity index (χ0) is 23.7. The molecule has 2 heterocycles. The van der Waals surface area contributed by atoms with Gasteiger partial charge in [-0.15, -0.1) is 0 Å². The van der Waals surface area contributed by atoms with Gasteiger partial charge in [0.15, 0.2) is 0 Å². The number of halogens is 1. The Balaban J connectivity index is 1.32. The molecule has 1 aromatic heterocycles. The average molecular weight is 461 g/mol. The lowest BCUT2D eigenvalue weighted by molar-refractivity contribution is -0.121. The van der Waals surface area contributed by atoms with Crippen molar-refractivity contribution in [3.63, 3.8) is 0 Å². The van der Waals surface area contributed by atoms with Gasteiger partial charge in [-0.1, -0.05) is 24.3 Å². The van der Waals surface area contributed by atoms with Crippen LogP contribution in [0, 0.1) is 18.7 Å². The third kappa shape index (κ3) is 4.34. The van der Waals surface area contributed by atoms with Crippen molar-refractivity contribution in [3.05, 3.63) is 82.8 Å². The Kier molecular flexibility index (Phi) is 6.18. The minimum Gasteiger partial charge on any atom is -0.338 e. The molecule has 2 aliphatic rings. The number of amides is 2. The second-order valence-corrected chi connectivity index (χ2v) is 9.31. The van der Waals surface area contributed by atoms with E-state index in [2.05, 4.69) is 34.7 Å². The zero-order valence-electron chi connectivity index (χ0n) is 19.3. The van der Waals surface area contributed by atoms with Gasteiger partial charge in [-0.2, -0.15) is 5.10 Å². The Hall–Kier alpha value is -3.48. The Morgan fingerprint density at radius 3 is 2.68 bits per heavy atom. The second kappa shape index (κ2) is 9.41. The average Bonchev–Trinajstić information content (AvgIpc) is 3.23. The Morgan fingerprint density at radius 1 is 1.06 bits per heavy atom. The maximum Gasteiger partial charge on any atom is 0.253 e. The lowest BCUT2D eigenvalue weighted by Crippen LogP contribution is -2.44. The van der Waals surface area contributed by atoms with Crippen molar-refractivity contribution in [1.82, 2.24) is 14.7 Å². The van der Waals surface area contributed by atoms with E-state index >= 15 is 0 Å². The number of aryl methyl sites for hydroxylation is 2. The molecule has 0 radical (unpaired) electrons. The van der Waals surface area contributed by atoms with Crippen LogP contribution in [0.4, 0.5) is 10.2 Å². The highest BCUT2D eigenvalue weighted by molar-refractivity contribution is 5.96. The van der Waals surface area contributed by atoms with Crippen molar-refractivity contribution in [1.29, 1.82) is 0 Å². The van der Waals surface area contributed by atoms with E-state index in [1.54, 1.807) is 11.1 Å². The number of anilines is 1. The van der Waals surface area contributed by atoms with E-state index in [9.17, 15) is 14.0 Å². The van der Waals surface area contributed by atoms with Gasteiger partial charge in [0.1, 0.15) is 11.6 Å². The van der Waals surface area contributed by atoms with Crippen LogP contribution in [0.25, 0.3) is 0 Å². The summed E-state index contributed by atoms with van der Waals surface area (Å²) < 4.78 is 15.2. The molecule has 1 saturated heterocycles. The molecule has 7 heteroatoms. The highest BCUT2D eigenvalue weighted by atomic mass is 19.1. The first-order valence-corrected chi connectivity index (χ1v) is 12.0. The van der Waals surface area contributed by atoms with Crippen LogP contribution in [-0.2, 0) is 11.2 Å². The number of nitrogens with zero attached hydrogens (tertiary/aromatic N) is 3. The number of carbonyl (C=O) groups excluding carboxylic acids is 2. The van der Waals surface area contributed by atoms with Crippen LogP contribution in [0.1, 0.15) is 58.8 Å². The number of rotatable bonds is 4. The molecule has 1 aliphatic heterocycles.